The molecule has 1 rings (SSSR count). The lowest BCUT2D eigenvalue weighted by Gasteiger charge is -2.33. The van der Waals surface area contributed by atoms with Crippen molar-refractivity contribution in [2.75, 3.05) is 6.54 Å². The van der Waals surface area contributed by atoms with Gasteiger partial charge in [0.05, 0.1) is 6.54 Å². The first-order valence-corrected chi connectivity index (χ1v) is 6.16. The fourth-order valence-corrected chi connectivity index (χ4v) is 2.13. The number of nitrogens with two attached hydrogens (primary N) is 1. The van der Waals surface area contributed by atoms with Crippen LogP contribution in [0.4, 0.5) is 4.79 Å². The molecule has 0 aromatic rings. The summed E-state index contributed by atoms with van der Waals surface area (Å²) in [6.45, 7) is 4.38. The topological polar surface area (TPSA) is 58.7 Å². The van der Waals surface area contributed by atoms with E-state index in [1.807, 2.05) is 6.92 Å². The highest BCUT2D eigenvalue weighted by Gasteiger charge is 2.43. The molecule has 1 atom stereocenters. The molecule has 0 spiro atoms. The number of urea groups is 1. The van der Waals surface area contributed by atoms with E-state index in [-0.39, 0.29) is 12.6 Å². The third-order valence-electron chi connectivity index (χ3n) is 3.36. The smallest absolute Gasteiger partial charge is 0.346 e. The summed E-state index contributed by atoms with van der Waals surface area (Å²) in [6.07, 6.45) is 10.7. The summed E-state index contributed by atoms with van der Waals surface area (Å²) in [4.78, 5) is 17.1. The highest BCUT2D eigenvalue weighted by molar-refractivity contribution is 6.05. The zero-order chi connectivity index (χ0) is 12.9. The van der Waals surface area contributed by atoms with E-state index in [1.165, 1.54) is 12.8 Å². The number of nitrogens with zero attached hydrogens (tertiary/aromatic N) is 2. The molecule has 1 unspecified atom stereocenters. The lowest BCUT2D eigenvalue weighted by Crippen LogP contribution is -2.51. The lowest BCUT2D eigenvalue weighted by atomic mass is 9.92. The molecular weight excluding hydrogens is 214 g/mol. The zero-order valence-corrected chi connectivity index (χ0v) is 10.7. The van der Waals surface area contributed by atoms with Crippen LogP contribution in [0.3, 0.4) is 0 Å². The molecule has 0 bridgehead atoms. The third-order valence-corrected chi connectivity index (χ3v) is 3.36. The number of carbonyl (C=O) groups excluding carboxylic acids is 1. The van der Waals surface area contributed by atoms with Gasteiger partial charge in [0.15, 0.2) is 0 Å². The second-order valence-corrected chi connectivity index (χ2v) is 4.65. The van der Waals surface area contributed by atoms with Crippen molar-refractivity contribution in [2.24, 2.45) is 10.7 Å². The summed E-state index contributed by atoms with van der Waals surface area (Å²) >= 11 is 0. The molecule has 17 heavy (non-hydrogen) atoms. The first kappa shape index (κ1) is 13.6. The summed E-state index contributed by atoms with van der Waals surface area (Å²) in [5.74, 6) is 2.89. The predicted molar refractivity (Wildman–Crippen MR) is 69.7 cm³/mol. The van der Waals surface area contributed by atoms with Gasteiger partial charge >= 0.3 is 6.03 Å². The van der Waals surface area contributed by atoms with Gasteiger partial charge in [-0.1, -0.05) is 38.5 Å². The molecule has 0 aromatic heterocycles. The normalized spacial score (nSPS) is 23.7. The number of terminal acetylenes is 1. The van der Waals surface area contributed by atoms with Crippen LogP contribution in [-0.2, 0) is 0 Å². The van der Waals surface area contributed by atoms with Crippen molar-refractivity contribution < 1.29 is 4.79 Å². The maximum Gasteiger partial charge on any atom is 0.346 e. The monoisotopic (exact) mass is 235 g/mol. The molecule has 4 heteroatoms. The third kappa shape index (κ3) is 2.79. The molecule has 0 aliphatic carbocycles. The van der Waals surface area contributed by atoms with Crippen LogP contribution in [0.25, 0.3) is 0 Å². The van der Waals surface area contributed by atoms with Crippen LogP contribution in [-0.4, -0.2) is 28.9 Å². The summed E-state index contributed by atoms with van der Waals surface area (Å²) in [5.41, 5.74) is 5.37. The number of carbonyl (C=O) groups is 1. The lowest BCUT2D eigenvalue weighted by molar-refractivity contribution is 0.182. The summed E-state index contributed by atoms with van der Waals surface area (Å²) in [6, 6.07) is -0.307. The number of rotatable bonds is 6. The Hall–Kier alpha value is -1.50. The van der Waals surface area contributed by atoms with Gasteiger partial charge in [-0.3, -0.25) is 4.90 Å². The van der Waals surface area contributed by atoms with Crippen LogP contribution in [0.5, 0.6) is 0 Å². The average Bonchev–Trinajstić information content (AvgIpc) is 2.50. The molecule has 2 N–H and O–H groups in total. The van der Waals surface area contributed by atoms with Crippen molar-refractivity contribution in [1.82, 2.24) is 4.90 Å². The average molecular weight is 235 g/mol. The van der Waals surface area contributed by atoms with E-state index in [2.05, 4.69) is 17.8 Å². The van der Waals surface area contributed by atoms with Crippen molar-refractivity contribution in [2.45, 2.75) is 51.5 Å². The Kier molecular flexibility index (Phi) is 4.56. The first-order valence-electron chi connectivity index (χ1n) is 6.16. The van der Waals surface area contributed by atoms with Crippen LogP contribution >= 0.6 is 0 Å². The number of hydrogen-bond acceptors (Lipinski definition) is 2. The van der Waals surface area contributed by atoms with Gasteiger partial charge < -0.3 is 5.73 Å². The second-order valence-electron chi connectivity index (χ2n) is 4.65. The molecule has 0 fully saturated rings. The largest absolute Gasteiger partial charge is 0.385 e. The predicted octanol–water partition coefficient (Wildman–Crippen LogP) is 2.14. The van der Waals surface area contributed by atoms with Crippen LogP contribution in [0.2, 0.25) is 0 Å². The number of aliphatic imine (C=N–C) groups is 1. The maximum absolute atomic E-state index is 11.6. The van der Waals surface area contributed by atoms with Crippen LogP contribution in [0, 0.1) is 12.3 Å². The fraction of sp³-hybridized carbons (Fsp3) is 0.692. The summed E-state index contributed by atoms with van der Waals surface area (Å²) in [7, 11) is 0. The Morgan fingerprint density at radius 3 is 2.76 bits per heavy atom. The molecular formula is C13H21N3O. The summed E-state index contributed by atoms with van der Waals surface area (Å²) < 4.78 is 0. The SMILES string of the molecule is C#CCN1C(=O)N=C(N)C1(C)CCCCCC. The number of amides is 2. The van der Waals surface area contributed by atoms with Crippen LogP contribution < -0.4 is 5.73 Å². The van der Waals surface area contributed by atoms with Crippen molar-refractivity contribution in [3.63, 3.8) is 0 Å². The molecule has 0 saturated heterocycles. The van der Waals surface area contributed by atoms with E-state index in [1.54, 1.807) is 4.90 Å². The molecule has 0 radical (unpaired) electrons. The minimum atomic E-state index is -0.489. The van der Waals surface area contributed by atoms with E-state index < -0.39 is 5.54 Å². The standard InChI is InChI=1S/C13H21N3O/c1-4-6-7-8-9-13(3)11(14)15-12(17)16(13)10-5-2/h2H,4,6-10H2,1,3H3,(H2,14,15,17). The van der Waals surface area contributed by atoms with E-state index in [4.69, 9.17) is 12.2 Å². The van der Waals surface area contributed by atoms with Crippen LogP contribution in [0.15, 0.2) is 4.99 Å². The zero-order valence-electron chi connectivity index (χ0n) is 10.7. The minimum absolute atomic E-state index is 0.271. The quantitative estimate of drug-likeness (QED) is 0.566. The molecule has 2 amide bonds. The Morgan fingerprint density at radius 2 is 2.18 bits per heavy atom. The molecule has 1 heterocycles. The van der Waals surface area contributed by atoms with Gasteiger partial charge in [-0.2, -0.15) is 4.99 Å². The number of unbranched alkanes of at least 4 members (excludes halogenated alkanes) is 3. The van der Waals surface area contributed by atoms with Gasteiger partial charge in [-0.25, -0.2) is 4.79 Å². The Morgan fingerprint density at radius 1 is 1.47 bits per heavy atom. The van der Waals surface area contributed by atoms with Crippen molar-refractivity contribution in [1.29, 1.82) is 0 Å². The van der Waals surface area contributed by atoms with Crippen molar-refractivity contribution in [3.8, 4) is 12.3 Å². The number of amidine groups is 1. The Balaban J connectivity index is 2.66. The Labute approximate surface area is 103 Å². The van der Waals surface area contributed by atoms with E-state index >= 15 is 0 Å². The fourth-order valence-electron chi connectivity index (χ4n) is 2.13. The van der Waals surface area contributed by atoms with Crippen LogP contribution in [0.1, 0.15) is 46.0 Å². The highest BCUT2D eigenvalue weighted by Crippen LogP contribution is 2.28. The van der Waals surface area contributed by atoms with Crippen molar-refractivity contribution >= 4 is 11.9 Å². The molecule has 0 saturated carbocycles. The van der Waals surface area contributed by atoms with Crippen molar-refractivity contribution in [3.05, 3.63) is 0 Å². The minimum Gasteiger partial charge on any atom is -0.385 e. The summed E-state index contributed by atoms with van der Waals surface area (Å²) in [5, 5.41) is 0. The highest BCUT2D eigenvalue weighted by atomic mass is 16.2. The maximum atomic E-state index is 11.6. The van der Waals surface area contributed by atoms with Gasteiger partial charge in [-0.05, 0) is 13.3 Å². The van der Waals surface area contributed by atoms with Gasteiger partial charge in [0.1, 0.15) is 11.4 Å². The first-order chi connectivity index (χ1) is 8.06. The van der Waals surface area contributed by atoms with E-state index in [0.717, 1.165) is 19.3 Å². The Bertz CT molecular complexity index is 356. The van der Waals surface area contributed by atoms with Gasteiger partial charge in [0, 0.05) is 0 Å². The number of hydrogen-bond donors (Lipinski definition) is 1. The van der Waals surface area contributed by atoms with Gasteiger partial charge in [0.2, 0.25) is 0 Å². The molecule has 4 nitrogen and oxygen atoms in total. The molecule has 1 aliphatic heterocycles. The van der Waals surface area contributed by atoms with E-state index in [9.17, 15) is 4.79 Å². The molecule has 0 aromatic carbocycles. The second kappa shape index (κ2) is 5.72. The van der Waals surface area contributed by atoms with Gasteiger partial charge in [0.25, 0.3) is 0 Å². The van der Waals surface area contributed by atoms with Gasteiger partial charge in [-0.15, -0.1) is 6.42 Å². The molecule has 1 aliphatic rings. The molecule has 94 valence electrons. The van der Waals surface area contributed by atoms with E-state index in [0.29, 0.717) is 5.84 Å².